The predicted molar refractivity (Wildman–Crippen MR) is 80.5 cm³/mol. The molecule has 3 N–H and O–H groups in total. The van der Waals surface area contributed by atoms with E-state index in [-0.39, 0.29) is 6.04 Å². The van der Waals surface area contributed by atoms with Crippen LogP contribution in [0.1, 0.15) is 11.6 Å². The highest BCUT2D eigenvalue weighted by molar-refractivity contribution is 5.63. The second-order valence-corrected chi connectivity index (χ2v) is 4.36. The lowest BCUT2D eigenvalue weighted by atomic mass is 10.0. The summed E-state index contributed by atoms with van der Waals surface area (Å²) in [4.78, 5) is 0. The van der Waals surface area contributed by atoms with Gasteiger partial charge in [0.1, 0.15) is 0 Å². The molecule has 2 aromatic rings. The van der Waals surface area contributed by atoms with Crippen LogP contribution >= 0.6 is 0 Å². The summed E-state index contributed by atoms with van der Waals surface area (Å²) in [6.07, 6.45) is 5.26. The molecular formula is C17H18N2. The maximum Gasteiger partial charge on any atom is 0.0578 e. The highest BCUT2D eigenvalue weighted by atomic mass is 14.9. The van der Waals surface area contributed by atoms with Crippen LogP contribution in [0.25, 0.3) is 11.1 Å². The highest BCUT2D eigenvalue weighted by Gasteiger charge is 2.08. The first-order chi connectivity index (χ1) is 9.35. The monoisotopic (exact) mass is 250 g/mol. The average molecular weight is 250 g/mol. The summed E-state index contributed by atoms with van der Waals surface area (Å²) in [6, 6.07) is 18.9. The third-order valence-corrected chi connectivity index (χ3v) is 3.11. The van der Waals surface area contributed by atoms with Crippen molar-refractivity contribution >= 4 is 0 Å². The first-order valence-corrected chi connectivity index (χ1v) is 6.37. The standard InChI is InChI=1S/C17H18N2/c1-2-12-19-17(13-18)16-10-8-15(9-11-16)14-6-4-3-5-7-14/h1,3-11,17,19H,12-13,18H2. The molecule has 0 spiro atoms. The van der Waals surface area contributed by atoms with Crippen molar-refractivity contribution in [1.82, 2.24) is 5.32 Å². The van der Waals surface area contributed by atoms with Gasteiger partial charge in [-0.25, -0.2) is 0 Å². The first-order valence-electron chi connectivity index (χ1n) is 6.37. The van der Waals surface area contributed by atoms with E-state index in [1.165, 1.54) is 11.1 Å². The summed E-state index contributed by atoms with van der Waals surface area (Å²) in [7, 11) is 0. The van der Waals surface area contributed by atoms with Gasteiger partial charge in [0.25, 0.3) is 0 Å². The lowest BCUT2D eigenvalue weighted by Crippen LogP contribution is -2.28. The summed E-state index contributed by atoms with van der Waals surface area (Å²) in [6.45, 7) is 1.06. The molecule has 0 bridgehead atoms. The van der Waals surface area contributed by atoms with Crippen LogP contribution in [0.4, 0.5) is 0 Å². The van der Waals surface area contributed by atoms with Crippen LogP contribution in [0.2, 0.25) is 0 Å². The maximum atomic E-state index is 5.76. The van der Waals surface area contributed by atoms with Crippen LogP contribution in [-0.4, -0.2) is 13.1 Å². The Bertz CT molecular complexity index is 538. The van der Waals surface area contributed by atoms with Gasteiger partial charge < -0.3 is 5.73 Å². The Kier molecular flexibility index (Phi) is 4.74. The van der Waals surface area contributed by atoms with Gasteiger partial charge in [-0.15, -0.1) is 6.42 Å². The minimum Gasteiger partial charge on any atom is -0.329 e. The molecule has 0 amide bonds. The van der Waals surface area contributed by atoms with Gasteiger partial charge in [0.2, 0.25) is 0 Å². The van der Waals surface area contributed by atoms with Crippen molar-refractivity contribution in [3.63, 3.8) is 0 Å². The van der Waals surface area contributed by atoms with Gasteiger partial charge in [0, 0.05) is 12.6 Å². The molecule has 2 rings (SSSR count). The van der Waals surface area contributed by atoms with Crippen molar-refractivity contribution < 1.29 is 0 Å². The topological polar surface area (TPSA) is 38.0 Å². The lowest BCUT2D eigenvalue weighted by molar-refractivity contribution is 0.582. The second-order valence-electron chi connectivity index (χ2n) is 4.36. The summed E-state index contributed by atoms with van der Waals surface area (Å²) in [5.74, 6) is 2.57. The molecule has 0 saturated heterocycles. The minimum absolute atomic E-state index is 0.112. The summed E-state index contributed by atoms with van der Waals surface area (Å²) in [5.41, 5.74) is 9.35. The van der Waals surface area contributed by atoms with Gasteiger partial charge in [-0.05, 0) is 16.7 Å². The van der Waals surface area contributed by atoms with E-state index < -0.39 is 0 Å². The number of benzene rings is 2. The van der Waals surface area contributed by atoms with E-state index in [0.29, 0.717) is 13.1 Å². The van der Waals surface area contributed by atoms with E-state index in [9.17, 15) is 0 Å². The normalized spacial score (nSPS) is 11.8. The van der Waals surface area contributed by atoms with E-state index in [0.717, 1.165) is 5.56 Å². The van der Waals surface area contributed by atoms with Gasteiger partial charge in [0.15, 0.2) is 0 Å². The number of nitrogens with one attached hydrogen (secondary N) is 1. The zero-order valence-corrected chi connectivity index (χ0v) is 10.8. The van der Waals surface area contributed by atoms with E-state index in [1.54, 1.807) is 0 Å². The summed E-state index contributed by atoms with van der Waals surface area (Å²) in [5, 5.41) is 3.23. The summed E-state index contributed by atoms with van der Waals surface area (Å²) >= 11 is 0. The Morgan fingerprint density at radius 1 is 1.00 bits per heavy atom. The maximum absolute atomic E-state index is 5.76. The molecule has 0 fully saturated rings. The second kappa shape index (κ2) is 6.75. The number of rotatable bonds is 5. The van der Waals surface area contributed by atoms with E-state index >= 15 is 0 Å². The van der Waals surface area contributed by atoms with Crippen LogP contribution < -0.4 is 11.1 Å². The Morgan fingerprint density at radius 3 is 2.21 bits per heavy atom. The van der Waals surface area contributed by atoms with Crippen molar-refractivity contribution in [2.75, 3.05) is 13.1 Å². The van der Waals surface area contributed by atoms with Crippen LogP contribution in [0.15, 0.2) is 54.6 Å². The molecule has 0 aliphatic heterocycles. The van der Waals surface area contributed by atoms with Gasteiger partial charge in [0.05, 0.1) is 6.54 Å². The highest BCUT2D eigenvalue weighted by Crippen LogP contribution is 2.21. The molecule has 0 aliphatic carbocycles. The fraction of sp³-hybridized carbons (Fsp3) is 0.176. The molecule has 96 valence electrons. The molecule has 0 saturated carbocycles. The zero-order valence-electron chi connectivity index (χ0n) is 10.8. The smallest absolute Gasteiger partial charge is 0.0578 e. The van der Waals surface area contributed by atoms with Crippen molar-refractivity contribution in [2.45, 2.75) is 6.04 Å². The number of hydrogen-bond acceptors (Lipinski definition) is 2. The molecule has 0 aromatic heterocycles. The molecule has 2 heteroatoms. The van der Waals surface area contributed by atoms with Crippen molar-refractivity contribution in [3.05, 3.63) is 60.2 Å². The third-order valence-electron chi connectivity index (χ3n) is 3.11. The number of nitrogens with two attached hydrogens (primary N) is 1. The molecule has 0 aliphatic rings. The largest absolute Gasteiger partial charge is 0.329 e. The van der Waals surface area contributed by atoms with E-state index in [1.807, 2.05) is 18.2 Å². The molecule has 1 unspecified atom stereocenters. The average Bonchev–Trinajstić information content (AvgIpc) is 2.49. The fourth-order valence-corrected chi connectivity index (χ4v) is 2.06. The van der Waals surface area contributed by atoms with Crippen LogP contribution in [0.5, 0.6) is 0 Å². The SMILES string of the molecule is C#CCNC(CN)c1ccc(-c2ccccc2)cc1. The molecular weight excluding hydrogens is 232 g/mol. The molecule has 1 atom stereocenters. The quantitative estimate of drug-likeness (QED) is 0.800. The van der Waals surface area contributed by atoms with Gasteiger partial charge in [-0.2, -0.15) is 0 Å². The van der Waals surface area contributed by atoms with Crippen molar-refractivity contribution in [2.24, 2.45) is 5.73 Å². The predicted octanol–water partition coefficient (Wildman–Crippen LogP) is 2.58. The third kappa shape index (κ3) is 3.45. The van der Waals surface area contributed by atoms with Crippen LogP contribution in [0, 0.1) is 12.3 Å². The van der Waals surface area contributed by atoms with E-state index in [2.05, 4.69) is 47.6 Å². The van der Waals surface area contributed by atoms with Crippen molar-refractivity contribution in [3.8, 4) is 23.5 Å². The molecule has 2 nitrogen and oxygen atoms in total. The fourth-order valence-electron chi connectivity index (χ4n) is 2.06. The first kappa shape index (κ1) is 13.4. The Labute approximate surface area is 114 Å². The van der Waals surface area contributed by atoms with Crippen LogP contribution in [-0.2, 0) is 0 Å². The minimum atomic E-state index is 0.112. The van der Waals surface area contributed by atoms with Gasteiger partial charge in [-0.3, -0.25) is 5.32 Å². The Hall–Kier alpha value is -2.08. The van der Waals surface area contributed by atoms with E-state index in [4.69, 9.17) is 12.2 Å². The van der Waals surface area contributed by atoms with Gasteiger partial charge in [-0.1, -0.05) is 60.5 Å². The summed E-state index contributed by atoms with van der Waals surface area (Å²) < 4.78 is 0. The molecule has 0 heterocycles. The lowest BCUT2D eigenvalue weighted by Gasteiger charge is -2.16. The van der Waals surface area contributed by atoms with Crippen molar-refractivity contribution in [1.29, 1.82) is 0 Å². The zero-order chi connectivity index (χ0) is 13.5. The molecule has 2 aromatic carbocycles. The van der Waals surface area contributed by atoms with Gasteiger partial charge >= 0.3 is 0 Å². The number of terminal acetylenes is 1. The Morgan fingerprint density at radius 2 is 1.63 bits per heavy atom. The molecule has 0 radical (unpaired) electrons. The van der Waals surface area contributed by atoms with Crippen LogP contribution in [0.3, 0.4) is 0 Å². The Balaban J connectivity index is 2.16. The number of hydrogen-bond donors (Lipinski definition) is 2. The molecule has 19 heavy (non-hydrogen) atoms.